The number of hydrogen-bond acceptors (Lipinski definition) is 0. The third-order valence-electron chi connectivity index (χ3n) is 3.30. The topological polar surface area (TPSA) is 0 Å². The van der Waals surface area contributed by atoms with Crippen LogP contribution in [0.1, 0.15) is 49.1 Å². The molecule has 1 aliphatic carbocycles. The van der Waals surface area contributed by atoms with Crippen LogP contribution in [0.3, 0.4) is 0 Å². The fourth-order valence-electron chi connectivity index (χ4n) is 2.59. The summed E-state index contributed by atoms with van der Waals surface area (Å²) in [5.41, 5.74) is 3.14. The number of hydrogen-bond donors (Lipinski definition) is 0. The highest BCUT2D eigenvalue weighted by Crippen LogP contribution is 2.35. The molecule has 0 aromatic heterocycles. The maximum atomic E-state index is 3.95. The van der Waals surface area contributed by atoms with E-state index < -0.39 is 0 Å². The number of rotatable bonds is 3. The van der Waals surface area contributed by atoms with Crippen LogP contribution >= 0.6 is 0 Å². The van der Waals surface area contributed by atoms with Gasteiger partial charge in [0.1, 0.15) is 0 Å². The molecule has 0 nitrogen and oxygen atoms in total. The molecule has 0 N–H and O–H groups in total. The molecule has 0 heteroatoms. The molecule has 75 valence electrons. The molecule has 0 unspecified atom stereocenters. The van der Waals surface area contributed by atoms with E-state index >= 15 is 0 Å². The summed E-state index contributed by atoms with van der Waals surface area (Å²) in [7, 11) is 0. The average molecular weight is 187 g/mol. The molecular weight excluding hydrogens is 168 g/mol. The fraction of sp³-hybridized carbons (Fsp3) is 0.500. The summed E-state index contributed by atoms with van der Waals surface area (Å²) in [6, 6.07) is 8.93. The second-order valence-corrected chi connectivity index (χ2v) is 4.28. The van der Waals surface area contributed by atoms with E-state index in [4.69, 9.17) is 0 Å². The van der Waals surface area contributed by atoms with Crippen LogP contribution in [0.2, 0.25) is 0 Å². The van der Waals surface area contributed by atoms with Crippen molar-refractivity contribution in [3.05, 3.63) is 42.3 Å². The fourth-order valence-corrected chi connectivity index (χ4v) is 2.59. The van der Waals surface area contributed by atoms with Gasteiger partial charge in [0.25, 0.3) is 0 Å². The molecule has 0 spiro atoms. The standard InChI is InChI=1S/C14H19/c1-2-7-12-8-5-6-11-14(12)13-9-3-4-10-13/h5-6,8,11,13H,1-4,7,9-10H2. The molecular formula is C14H19. The van der Waals surface area contributed by atoms with Gasteiger partial charge >= 0.3 is 0 Å². The Bertz CT molecular complexity index is 282. The molecule has 1 aromatic rings. The van der Waals surface area contributed by atoms with Gasteiger partial charge in [-0.2, -0.15) is 0 Å². The SMILES string of the molecule is [CH2]CCc1ccccc1C1CCCC1. The first-order valence-electron chi connectivity index (χ1n) is 5.79. The van der Waals surface area contributed by atoms with Gasteiger partial charge < -0.3 is 0 Å². The summed E-state index contributed by atoms with van der Waals surface area (Å²) < 4.78 is 0. The molecule has 1 aliphatic rings. The van der Waals surface area contributed by atoms with Crippen molar-refractivity contribution < 1.29 is 0 Å². The first-order valence-corrected chi connectivity index (χ1v) is 5.79. The summed E-state index contributed by atoms with van der Waals surface area (Å²) in [4.78, 5) is 0. The molecule has 1 aromatic carbocycles. The Labute approximate surface area is 87.3 Å². The Morgan fingerprint density at radius 2 is 1.86 bits per heavy atom. The number of benzene rings is 1. The van der Waals surface area contributed by atoms with Crippen LogP contribution in [-0.4, -0.2) is 0 Å². The zero-order chi connectivity index (χ0) is 9.80. The second-order valence-electron chi connectivity index (χ2n) is 4.28. The van der Waals surface area contributed by atoms with Gasteiger partial charge in [0, 0.05) is 0 Å². The molecule has 0 bridgehead atoms. The minimum absolute atomic E-state index is 0.845. The smallest absolute Gasteiger partial charge is 0.0159 e. The van der Waals surface area contributed by atoms with Gasteiger partial charge in [0.05, 0.1) is 0 Å². The van der Waals surface area contributed by atoms with E-state index in [1.165, 1.54) is 31.2 Å². The van der Waals surface area contributed by atoms with Crippen molar-refractivity contribution in [1.29, 1.82) is 0 Å². The van der Waals surface area contributed by atoms with Crippen LogP contribution < -0.4 is 0 Å². The average Bonchev–Trinajstić information content (AvgIpc) is 2.72. The van der Waals surface area contributed by atoms with Crippen LogP contribution in [0.5, 0.6) is 0 Å². The lowest BCUT2D eigenvalue weighted by molar-refractivity contribution is 0.710. The molecule has 0 heterocycles. The van der Waals surface area contributed by atoms with Gasteiger partial charge in [-0.1, -0.05) is 44.0 Å². The van der Waals surface area contributed by atoms with Crippen LogP contribution in [-0.2, 0) is 6.42 Å². The second kappa shape index (κ2) is 4.63. The van der Waals surface area contributed by atoms with Gasteiger partial charge in [-0.15, -0.1) is 0 Å². The molecule has 0 atom stereocenters. The first-order chi connectivity index (χ1) is 6.92. The van der Waals surface area contributed by atoms with E-state index in [0.717, 1.165) is 18.8 Å². The number of aryl methyl sites for hydroxylation is 1. The third kappa shape index (κ3) is 2.00. The van der Waals surface area contributed by atoms with Crippen molar-refractivity contribution in [1.82, 2.24) is 0 Å². The van der Waals surface area contributed by atoms with Crippen molar-refractivity contribution >= 4 is 0 Å². The van der Waals surface area contributed by atoms with E-state index in [2.05, 4.69) is 31.2 Å². The summed E-state index contributed by atoms with van der Waals surface area (Å²) in [6.45, 7) is 3.95. The highest BCUT2D eigenvalue weighted by Gasteiger charge is 2.18. The van der Waals surface area contributed by atoms with Crippen LogP contribution in [0.4, 0.5) is 0 Å². The maximum Gasteiger partial charge on any atom is -0.0159 e. The van der Waals surface area contributed by atoms with Crippen molar-refractivity contribution in [3.63, 3.8) is 0 Å². The normalized spacial score (nSPS) is 17.5. The van der Waals surface area contributed by atoms with E-state index in [9.17, 15) is 0 Å². The van der Waals surface area contributed by atoms with Crippen molar-refractivity contribution in [2.75, 3.05) is 0 Å². The zero-order valence-corrected chi connectivity index (χ0v) is 8.84. The lowest BCUT2D eigenvalue weighted by Gasteiger charge is -2.14. The van der Waals surface area contributed by atoms with E-state index in [1.807, 2.05) is 0 Å². The quantitative estimate of drug-likeness (QED) is 0.668. The summed E-state index contributed by atoms with van der Waals surface area (Å²) in [5.74, 6) is 0.845. The van der Waals surface area contributed by atoms with Gasteiger partial charge in [-0.3, -0.25) is 0 Å². The summed E-state index contributed by atoms with van der Waals surface area (Å²) in [5, 5.41) is 0. The maximum absolute atomic E-state index is 3.95. The Morgan fingerprint density at radius 3 is 2.57 bits per heavy atom. The monoisotopic (exact) mass is 187 g/mol. The molecule has 1 radical (unpaired) electrons. The largest absolute Gasteiger partial charge is 0.0620 e. The van der Waals surface area contributed by atoms with E-state index in [1.54, 1.807) is 5.56 Å². The van der Waals surface area contributed by atoms with E-state index in [0.29, 0.717) is 0 Å². The molecule has 2 rings (SSSR count). The predicted octanol–water partition coefficient (Wildman–Crippen LogP) is 4.11. The highest BCUT2D eigenvalue weighted by atomic mass is 14.2. The molecule has 1 fully saturated rings. The van der Waals surface area contributed by atoms with Crippen LogP contribution in [0, 0.1) is 6.92 Å². The lowest BCUT2D eigenvalue weighted by Crippen LogP contribution is -1.98. The minimum Gasteiger partial charge on any atom is -0.0620 e. The Balaban J connectivity index is 2.21. The van der Waals surface area contributed by atoms with Crippen LogP contribution in [0.15, 0.2) is 24.3 Å². The Hall–Kier alpha value is -0.780. The molecule has 0 aliphatic heterocycles. The van der Waals surface area contributed by atoms with Crippen molar-refractivity contribution in [2.45, 2.75) is 44.4 Å². The van der Waals surface area contributed by atoms with Gasteiger partial charge in [-0.25, -0.2) is 0 Å². The Morgan fingerprint density at radius 1 is 1.14 bits per heavy atom. The Kier molecular flexibility index (Phi) is 3.23. The van der Waals surface area contributed by atoms with Gasteiger partial charge in [0.15, 0.2) is 0 Å². The first kappa shape index (κ1) is 9.76. The van der Waals surface area contributed by atoms with Crippen molar-refractivity contribution in [2.24, 2.45) is 0 Å². The molecule has 1 saturated carbocycles. The van der Waals surface area contributed by atoms with Crippen molar-refractivity contribution in [3.8, 4) is 0 Å². The van der Waals surface area contributed by atoms with Gasteiger partial charge in [-0.05, 0) is 42.7 Å². The highest BCUT2D eigenvalue weighted by molar-refractivity contribution is 5.31. The summed E-state index contributed by atoms with van der Waals surface area (Å²) in [6.07, 6.45) is 7.80. The molecule has 0 saturated heterocycles. The van der Waals surface area contributed by atoms with E-state index in [-0.39, 0.29) is 0 Å². The third-order valence-corrected chi connectivity index (χ3v) is 3.30. The van der Waals surface area contributed by atoms with Crippen LogP contribution in [0.25, 0.3) is 0 Å². The predicted molar refractivity (Wildman–Crippen MR) is 61.3 cm³/mol. The summed E-state index contributed by atoms with van der Waals surface area (Å²) >= 11 is 0. The lowest BCUT2D eigenvalue weighted by atomic mass is 9.91. The zero-order valence-electron chi connectivity index (χ0n) is 8.84. The minimum atomic E-state index is 0.845. The molecule has 0 amide bonds. The molecule has 14 heavy (non-hydrogen) atoms. The van der Waals surface area contributed by atoms with Gasteiger partial charge in [0.2, 0.25) is 0 Å².